The van der Waals surface area contributed by atoms with Crippen molar-refractivity contribution in [3.8, 4) is 11.1 Å². The predicted molar refractivity (Wildman–Crippen MR) is 94.6 cm³/mol. The molecule has 0 radical (unpaired) electrons. The van der Waals surface area contributed by atoms with Crippen LogP contribution in [0.5, 0.6) is 0 Å². The second kappa shape index (κ2) is 7.29. The molecular weight excluding hydrogens is 286 g/mol. The molecule has 1 fully saturated rings. The molecule has 4 nitrogen and oxygen atoms in total. The molecule has 1 amide bonds. The second-order valence-corrected chi connectivity index (χ2v) is 5.97. The Hall–Kier alpha value is -2.33. The standard InChI is InChI=1S/C19H23N3O/c20-19(23)18-14-16(21-10-13-22-11-4-5-12-22)8-9-17(18)15-6-2-1-3-7-15/h1-3,6-9,14,21H,4-5,10-13H2,(H2,20,23). The number of hydrogen-bond acceptors (Lipinski definition) is 3. The maximum Gasteiger partial charge on any atom is 0.249 e. The van der Waals surface area contributed by atoms with Gasteiger partial charge in [-0.15, -0.1) is 0 Å². The molecule has 0 aliphatic carbocycles. The summed E-state index contributed by atoms with van der Waals surface area (Å²) in [5, 5.41) is 3.40. The third-order valence-corrected chi connectivity index (χ3v) is 4.33. The minimum atomic E-state index is -0.396. The van der Waals surface area contributed by atoms with Crippen LogP contribution in [0.1, 0.15) is 23.2 Å². The molecule has 0 aromatic heterocycles. The van der Waals surface area contributed by atoms with E-state index in [0.717, 1.165) is 29.9 Å². The number of benzene rings is 2. The lowest BCUT2D eigenvalue weighted by Crippen LogP contribution is -2.26. The Kier molecular flexibility index (Phi) is 4.93. The van der Waals surface area contributed by atoms with E-state index in [9.17, 15) is 4.79 Å². The van der Waals surface area contributed by atoms with Crippen LogP contribution in [0.4, 0.5) is 5.69 Å². The number of primary amides is 1. The molecule has 2 aromatic rings. The van der Waals surface area contributed by atoms with Crippen LogP contribution in [0.3, 0.4) is 0 Å². The fourth-order valence-electron chi connectivity index (χ4n) is 3.09. The molecule has 2 aromatic carbocycles. The number of nitrogens with two attached hydrogens (primary N) is 1. The molecule has 3 N–H and O–H groups in total. The normalized spacial score (nSPS) is 14.8. The fraction of sp³-hybridized carbons (Fsp3) is 0.316. The molecule has 1 heterocycles. The molecule has 0 saturated carbocycles. The number of amides is 1. The predicted octanol–water partition coefficient (Wildman–Crippen LogP) is 2.96. The first-order valence-electron chi connectivity index (χ1n) is 8.19. The quantitative estimate of drug-likeness (QED) is 0.862. The first-order valence-corrected chi connectivity index (χ1v) is 8.19. The van der Waals surface area contributed by atoms with E-state index in [0.29, 0.717) is 5.56 Å². The first kappa shape index (κ1) is 15.6. The smallest absolute Gasteiger partial charge is 0.249 e. The Morgan fingerprint density at radius 3 is 2.52 bits per heavy atom. The molecule has 1 aliphatic rings. The largest absolute Gasteiger partial charge is 0.384 e. The summed E-state index contributed by atoms with van der Waals surface area (Å²) < 4.78 is 0. The summed E-state index contributed by atoms with van der Waals surface area (Å²) in [7, 11) is 0. The lowest BCUT2D eigenvalue weighted by atomic mass is 9.98. The number of nitrogens with one attached hydrogen (secondary N) is 1. The Morgan fingerprint density at radius 1 is 1.09 bits per heavy atom. The third-order valence-electron chi connectivity index (χ3n) is 4.33. The monoisotopic (exact) mass is 309 g/mol. The van der Waals surface area contributed by atoms with Crippen molar-refractivity contribution in [1.82, 2.24) is 4.90 Å². The molecule has 0 unspecified atom stereocenters. The maximum atomic E-state index is 11.8. The average molecular weight is 309 g/mol. The molecule has 120 valence electrons. The van der Waals surface area contributed by atoms with Gasteiger partial charge in [-0.25, -0.2) is 0 Å². The van der Waals surface area contributed by atoms with Crippen molar-refractivity contribution in [1.29, 1.82) is 0 Å². The molecule has 0 atom stereocenters. The van der Waals surface area contributed by atoms with E-state index in [1.807, 2.05) is 48.5 Å². The number of nitrogens with zero attached hydrogens (tertiary/aromatic N) is 1. The molecule has 0 spiro atoms. The summed E-state index contributed by atoms with van der Waals surface area (Å²) in [5.74, 6) is -0.396. The van der Waals surface area contributed by atoms with E-state index in [-0.39, 0.29) is 0 Å². The van der Waals surface area contributed by atoms with Gasteiger partial charge in [-0.1, -0.05) is 36.4 Å². The van der Waals surface area contributed by atoms with Gasteiger partial charge >= 0.3 is 0 Å². The first-order chi connectivity index (χ1) is 11.2. The lowest BCUT2D eigenvalue weighted by Gasteiger charge is -2.16. The molecule has 0 bridgehead atoms. The summed E-state index contributed by atoms with van der Waals surface area (Å²) in [6.45, 7) is 4.30. The highest BCUT2D eigenvalue weighted by Gasteiger charge is 2.12. The Balaban J connectivity index is 1.72. The highest BCUT2D eigenvalue weighted by Crippen LogP contribution is 2.26. The number of anilines is 1. The number of carbonyl (C=O) groups is 1. The van der Waals surface area contributed by atoms with Crippen molar-refractivity contribution in [2.24, 2.45) is 5.73 Å². The topological polar surface area (TPSA) is 58.4 Å². The van der Waals surface area contributed by atoms with Gasteiger partial charge < -0.3 is 16.0 Å². The number of carbonyl (C=O) groups excluding carboxylic acids is 1. The summed E-state index contributed by atoms with van der Waals surface area (Å²) >= 11 is 0. The van der Waals surface area contributed by atoms with Gasteiger partial charge in [0.15, 0.2) is 0 Å². The van der Waals surface area contributed by atoms with E-state index < -0.39 is 5.91 Å². The van der Waals surface area contributed by atoms with Crippen LogP contribution < -0.4 is 11.1 Å². The van der Waals surface area contributed by atoms with Crippen molar-refractivity contribution in [3.63, 3.8) is 0 Å². The van der Waals surface area contributed by atoms with Gasteiger partial charge in [0.05, 0.1) is 0 Å². The zero-order chi connectivity index (χ0) is 16.1. The SMILES string of the molecule is NC(=O)c1cc(NCCN2CCCC2)ccc1-c1ccccc1. The molecule has 3 rings (SSSR count). The van der Waals surface area contributed by atoms with Crippen LogP contribution in [-0.4, -0.2) is 37.0 Å². The van der Waals surface area contributed by atoms with Gasteiger partial charge in [0.1, 0.15) is 0 Å². The summed E-state index contributed by atoms with van der Waals surface area (Å²) in [5.41, 5.74) is 8.96. The Labute approximate surface area is 137 Å². The Morgan fingerprint density at radius 2 is 1.83 bits per heavy atom. The molecule has 23 heavy (non-hydrogen) atoms. The lowest BCUT2D eigenvalue weighted by molar-refractivity contribution is 0.100. The van der Waals surface area contributed by atoms with Crippen LogP contribution in [0.15, 0.2) is 48.5 Å². The van der Waals surface area contributed by atoms with Gasteiger partial charge in [-0.2, -0.15) is 0 Å². The molecule has 1 aliphatic heterocycles. The second-order valence-electron chi connectivity index (χ2n) is 5.97. The van der Waals surface area contributed by atoms with E-state index in [2.05, 4.69) is 10.2 Å². The average Bonchev–Trinajstić information content (AvgIpc) is 3.09. The van der Waals surface area contributed by atoms with E-state index >= 15 is 0 Å². The summed E-state index contributed by atoms with van der Waals surface area (Å²) in [6.07, 6.45) is 2.61. The zero-order valence-corrected chi connectivity index (χ0v) is 13.3. The van der Waals surface area contributed by atoms with Crippen LogP contribution >= 0.6 is 0 Å². The van der Waals surface area contributed by atoms with E-state index in [1.54, 1.807) is 0 Å². The minimum absolute atomic E-state index is 0.396. The third kappa shape index (κ3) is 3.90. The summed E-state index contributed by atoms with van der Waals surface area (Å²) in [4.78, 5) is 14.3. The van der Waals surface area contributed by atoms with Crippen LogP contribution in [0.25, 0.3) is 11.1 Å². The number of likely N-dealkylation sites (tertiary alicyclic amines) is 1. The van der Waals surface area contributed by atoms with Crippen LogP contribution in [0, 0.1) is 0 Å². The summed E-state index contributed by atoms with van der Waals surface area (Å²) in [6, 6.07) is 15.7. The molecule has 1 saturated heterocycles. The Bertz CT molecular complexity index is 664. The van der Waals surface area contributed by atoms with Crippen molar-refractivity contribution in [2.45, 2.75) is 12.8 Å². The van der Waals surface area contributed by atoms with Crippen molar-refractivity contribution in [2.75, 3.05) is 31.5 Å². The van der Waals surface area contributed by atoms with E-state index in [4.69, 9.17) is 5.73 Å². The van der Waals surface area contributed by atoms with Crippen LogP contribution in [0.2, 0.25) is 0 Å². The highest BCUT2D eigenvalue weighted by atomic mass is 16.1. The van der Waals surface area contributed by atoms with Gasteiger partial charge in [-0.3, -0.25) is 4.79 Å². The van der Waals surface area contributed by atoms with Gasteiger partial charge in [0.2, 0.25) is 5.91 Å². The minimum Gasteiger partial charge on any atom is -0.384 e. The van der Waals surface area contributed by atoms with Gasteiger partial charge in [-0.05, 0) is 49.2 Å². The zero-order valence-electron chi connectivity index (χ0n) is 13.3. The van der Waals surface area contributed by atoms with E-state index in [1.165, 1.54) is 25.9 Å². The van der Waals surface area contributed by atoms with Crippen LogP contribution in [-0.2, 0) is 0 Å². The van der Waals surface area contributed by atoms with Crippen molar-refractivity contribution in [3.05, 3.63) is 54.1 Å². The van der Waals surface area contributed by atoms with Crippen molar-refractivity contribution < 1.29 is 4.79 Å². The maximum absolute atomic E-state index is 11.8. The highest BCUT2D eigenvalue weighted by molar-refractivity contribution is 6.00. The van der Waals surface area contributed by atoms with Crippen molar-refractivity contribution >= 4 is 11.6 Å². The molecule has 4 heteroatoms. The number of rotatable bonds is 6. The number of hydrogen-bond donors (Lipinski definition) is 2. The molecular formula is C19H23N3O. The van der Waals surface area contributed by atoms with Gasteiger partial charge in [0, 0.05) is 24.3 Å². The fourth-order valence-corrected chi connectivity index (χ4v) is 3.09. The van der Waals surface area contributed by atoms with Gasteiger partial charge in [0.25, 0.3) is 0 Å².